The maximum Gasteiger partial charge on any atom is 0.413 e. The van der Waals surface area contributed by atoms with Crippen LogP contribution in [0.3, 0.4) is 0 Å². The molecule has 7 nitrogen and oxygen atoms in total. The fraction of sp³-hybridized carbons (Fsp3) is 0.333. The van der Waals surface area contributed by atoms with Gasteiger partial charge in [-0.25, -0.2) is 14.6 Å². The Hall–Kier alpha value is -2.74. The lowest BCUT2D eigenvalue weighted by atomic mass is 10.1. The maximum absolute atomic E-state index is 12.3. The average molecular weight is 376 g/mol. The highest BCUT2D eigenvalue weighted by molar-refractivity contribution is 7.17. The molecule has 2 aromatic rings. The minimum absolute atomic E-state index is 0.317. The molecular weight excluding hydrogens is 356 g/mol. The lowest BCUT2D eigenvalue weighted by Gasteiger charge is -2.11. The van der Waals surface area contributed by atoms with Gasteiger partial charge in [-0.3, -0.25) is 10.1 Å². The van der Waals surface area contributed by atoms with Crippen molar-refractivity contribution < 1.29 is 23.9 Å². The number of imide groups is 1. The summed E-state index contributed by atoms with van der Waals surface area (Å²) < 4.78 is 9.45. The van der Waals surface area contributed by atoms with Gasteiger partial charge in [0.2, 0.25) is 0 Å². The third-order valence-corrected chi connectivity index (χ3v) is 4.84. The molecule has 1 aromatic carbocycles. The normalized spacial score (nSPS) is 11.5. The Morgan fingerprint density at radius 3 is 2.46 bits per heavy atom. The van der Waals surface area contributed by atoms with Gasteiger partial charge in [0.25, 0.3) is 5.91 Å². The van der Waals surface area contributed by atoms with Crippen molar-refractivity contribution in [1.29, 1.82) is 0 Å². The van der Waals surface area contributed by atoms with E-state index in [4.69, 9.17) is 4.74 Å². The molecule has 2 rings (SSSR count). The number of nitrogens with one attached hydrogen (secondary N) is 1. The third-order valence-electron chi connectivity index (χ3n) is 3.65. The number of carbonyl (C=O) groups is 3. The van der Waals surface area contributed by atoms with Crippen molar-refractivity contribution in [3.05, 3.63) is 40.4 Å². The van der Waals surface area contributed by atoms with Crippen LogP contribution in [0.5, 0.6) is 0 Å². The van der Waals surface area contributed by atoms with Crippen molar-refractivity contribution in [3.8, 4) is 10.6 Å². The number of methoxy groups -OCH3 is 1. The van der Waals surface area contributed by atoms with Crippen LogP contribution in [0.2, 0.25) is 0 Å². The molecule has 0 saturated heterocycles. The molecule has 0 fully saturated rings. The minimum atomic E-state index is -1.14. The van der Waals surface area contributed by atoms with E-state index in [9.17, 15) is 14.4 Å². The fourth-order valence-electron chi connectivity index (χ4n) is 2.11. The Morgan fingerprint density at radius 2 is 1.88 bits per heavy atom. The largest absolute Gasteiger partial charge is 0.453 e. The van der Waals surface area contributed by atoms with Gasteiger partial charge in [-0.05, 0) is 25.8 Å². The molecule has 0 radical (unpaired) electrons. The first-order valence-electron chi connectivity index (χ1n) is 8.02. The Bertz CT molecular complexity index is 813. The van der Waals surface area contributed by atoms with Crippen LogP contribution in [-0.2, 0) is 20.7 Å². The first kappa shape index (κ1) is 19.6. The molecule has 8 heteroatoms. The fourth-order valence-corrected chi connectivity index (χ4v) is 3.07. The summed E-state index contributed by atoms with van der Waals surface area (Å²) in [6.45, 7) is 5.15. The number of aryl methyl sites for hydroxylation is 2. The van der Waals surface area contributed by atoms with E-state index in [1.165, 1.54) is 23.8 Å². The summed E-state index contributed by atoms with van der Waals surface area (Å²) >= 11 is 1.20. The van der Waals surface area contributed by atoms with Crippen molar-refractivity contribution in [1.82, 2.24) is 10.3 Å². The van der Waals surface area contributed by atoms with Crippen LogP contribution in [0.15, 0.2) is 24.3 Å². The Kier molecular flexibility index (Phi) is 6.46. The molecule has 0 aliphatic carbocycles. The van der Waals surface area contributed by atoms with Crippen LogP contribution in [0.4, 0.5) is 4.79 Å². The predicted octanol–water partition coefficient (Wildman–Crippen LogP) is 3.11. The molecule has 1 atom stereocenters. The lowest BCUT2D eigenvalue weighted by molar-refractivity contribution is -0.128. The highest BCUT2D eigenvalue weighted by Crippen LogP contribution is 2.29. The van der Waals surface area contributed by atoms with E-state index < -0.39 is 24.1 Å². The van der Waals surface area contributed by atoms with Gasteiger partial charge in [-0.15, -0.1) is 11.3 Å². The van der Waals surface area contributed by atoms with Gasteiger partial charge < -0.3 is 9.47 Å². The Balaban J connectivity index is 2.10. The number of hydrogen-bond donors (Lipinski definition) is 1. The monoisotopic (exact) mass is 376 g/mol. The van der Waals surface area contributed by atoms with Gasteiger partial charge in [0.05, 0.1) is 12.8 Å². The second kappa shape index (κ2) is 8.57. The molecule has 138 valence electrons. The number of esters is 1. The van der Waals surface area contributed by atoms with Crippen LogP contribution in [0, 0.1) is 6.92 Å². The zero-order valence-corrected chi connectivity index (χ0v) is 15.8. The molecule has 0 saturated carbocycles. The van der Waals surface area contributed by atoms with E-state index in [0.29, 0.717) is 15.6 Å². The van der Waals surface area contributed by atoms with Gasteiger partial charge in [-0.1, -0.05) is 31.2 Å². The molecule has 2 amide bonds. The van der Waals surface area contributed by atoms with Crippen molar-refractivity contribution in [3.63, 3.8) is 0 Å². The number of carbonyl (C=O) groups excluding carboxylic acids is 3. The van der Waals surface area contributed by atoms with Crippen LogP contribution >= 0.6 is 11.3 Å². The van der Waals surface area contributed by atoms with Crippen molar-refractivity contribution in [2.24, 2.45) is 0 Å². The Morgan fingerprint density at radius 1 is 1.23 bits per heavy atom. The van der Waals surface area contributed by atoms with Gasteiger partial charge in [-0.2, -0.15) is 0 Å². The topological polar surface area (TPSA) is 94.6 Å². The predicted molar refractivity (Wildman–Crippen MR) is 97.1 cm³/mol. The van der Waals surface area contributed by atoms with Crippen LogP contribution < -0.4 is 5.32 Å². The van der Waals surface area contributed by atoms with Gasteiger partial charge in [0.15, 0.2) is 6.10 Å². The first-order valence-corrected chi connectivity index (χ1v) is 8.83. The minimum Gasteiger partial charge on any atom is -0.453 e. The average Bonchev–Trinajstić information content (AvgIpc) is 3.03. The summed E-state index contributed by atoms with van der Waals surface area (Å²) in [6, 6.07) is 7.95. The van der Waals surface area contributed by atoms with Crippen molar-refractivity contribution >= 4 is 29.3 Å². The summed E-state index contributed by atoms with van der Waals surface area (Å²) in [4.78, 5) is 39.9. The van der Waals surface area contributed by atoms with E-state index >= 15 is 0 Å². The second-order valence-corrected chi connectivity index (χ2v) is 6.51. The molecule has 0 bridgehead atoms. The van der Waals surface area contributed by atoms with Gasteiger partial charge in [0, 0.05) is 5.56 Å². The highest BCUT2D eigenvalue weighted by Gasteiger charge is 2.24. The van der Waals surface area contributed by atoms with Crippen molar-refractivity contribution in [2.45, 2.75) is 33.3 Å². The standard InChI is InChI=1S/C18H20N2O5S/c1-5-12-6-8-13(9-7-12)16-19-10(2)14(26-16)17(22)25-11(3)15(21)20-18(23)24-4/h6-9,11H,5H2,1-4H3,(H,20,21,23)/t11-/m0/s1. The molecule has 0 spiro atoms. The molecule has 26 heavy (non-hydrogen) atoms. The number of thiazole rings is 1. The van der Waals surface area contributed by atoms with Crippen LogP contribution in [0.1, 0.15) is 34.8 Å². The number of hydrogen-bond acceptors (Lipinski definition) is 7. The molecular formula is C18H20N2O5S. The smallest absolute Gasteiger partial charge is 0.413 e. The van der Waals surface area contributed by atoms with Crippen LogP contribution in [0.25, 0.3) is 10.6 Å². The number of amides is 2. The van der Waals surface area contributed by atoms with E-state index in [0.717, 1.165) is 19.1 Å². The first-order chi connectivity index (χ1) is 12.3. The molecule has 0 unspecified atom stereocenters. The number of rotatable bonds is 5. The molecule has 1 heterocycles. The van der Waals surface area contributed by atoms with Gasteiger partial charge in [0.1, 0.15) is 9.88 Å². The quantitative estimate of drug-likeness (QED) is 0.806. The molecule has 0 aliphatic heterocycles. The maximum atomic E-state index is 12.3. The number of benzene rings is 1. The highest BCUT2D eigenvalue weighted by atomic mass is 32.1. The van der Waals surface area contributed by atoms with E-state index in [1.54, 1.807) is 6.92 Å². The summed E-state index contributed by atoms with van der Waals surface area (Å²) in [7, 11) is 1.13. The summed E-state index contributed by atoms with van der Waals surface area (Å²) in [5.41, 5.74) is 2.65. The zero-order chi connectivity index (χ0) is 19.3. The van der Waals surface area contributed by atoms with Gasteiger partial charge >= 0.3 is 12.1 Å². The lowest BCUT2D eigenvalue weighted by Crippen LogP contribution is -2.39. The summed E-state index contributed by atoms with van der Waals surface area (Å²) in [6.07, 6.45) is -1.11. The summed E-state index contributed by atoms with van der Waals surface area (Å²) in [5, 5.41) is 2.65. The van der Waals surface area contributed by atoms with Crippen molar-refractivity contribution in [2.75, 3.05) is 7.11 Å². The van der Waals surface area contributed by atoms with E-state index in [2.05, 4.69) is 16.6 Å². The molecule has 0 aliphatic rings. The summed E-state index contributed by atoms with van der Waals surface area (Å²) in [5.74, 6) is -1.42. The van der Waals surface area contributed by atoms with Crippen LogP contribution in [-0.4, -0.2) is 36.2 Å². The van der Waals surface area contributed by atoms with E-state index in [-0.39, 0.29) is 0 Å². The molecule has 1 aromatic heterocycles. The SMILES string of the molecule is CCc1ccc(-c2nc(C)c(C(=O)O[C@@H](C)C(=O)NC(=O)OC)s2)cc1. The number of alkyl carbamates (subject to hydrolysis) is 1. The number of ether oxygens (including phenoxy) is 2. The van der Waals surface area contributed by atoms with E-state index in [1.807, 2.05) is 29.6 Å². The second-order valence-electron chi connectivity index (χ2n) is 5.51. The number of aromatic nitrogens is 1. The Labute approximate surface area is 155 Å². The zero-order valence-electron chi connectivity index (χ0n) is 15.0. The third kappa shape index (κ3) is 4.66. The molecule has 1 N–H and O–H groups in total. The number of nitrogens with zero attached hydrogens (tertiary/aromatic N) is 1.